The topological polar surface area (TPSA) is 42.2 Å². The second-order valence-corrected chi connectivity index (χ2v) is 5.66. The molecule has 3 nitrogen and oxygen atoms in total. The first kappa shape index (κ1) is 14.5. The van der Waals surface area contributed by atoms with Crippen molar-refractivity contribution in [2.45, 2.75) is 6.42 Å². The standard InChI is InChI=1S/C20H14FNO2/c21-14-7-5-13(6-8-14)11-20(23)22-15-9-10-19-17(12-15)16-3-1-2-4-18(16)24-19/h1-10,12H,11H2,(H,22,23). The molecule has 0 unspecified atom stereocenters. The summed E-state index contributed by atoms with van der Waals surface area (Å²) in [6.45, 7) is 0. The molecule has 3 aromatic carbocycles. The van der Waals surface area contributed by atoms with E-state index in [0.29, 0.717) is 5.69 Å². The first-order valence-corrected chi connectivity index (χ1v) is 7.65. The molecule has 4 heteroatoms. The number of furan rings is 1. The van der Waals surface area contributed by atoms with Crippen molar-refractivity contribution in [3.63, 3.8) is 0 Å². The molecule has 1 amide bonds. The molecule has 0 spiro atoms. The number of rotatable bonds is 3. The zero-order valence-electron chi connectivity index (χ0n) is 12.8. The van der Waals surface area contributed by atoms with E-state index in [4.69, 9.17) is 4.42 Å². The van der Waals surface area contributed by atoms with E-state index >= 15 is 0 Å². The van der Waals surface area contributed by atoms with Crippen LogP contribution in [0, 0.1) is 5.82 Å². The van der Waals surface area contributed by atoms with E-state index in [-0.39, 0.29) is 18.1 Å². The average molecular weight is 319 g/mol. The lowest BCUT2D eigenvalue weighted by molar-refractivity contribution is -0.115. The van der Waals surface area contributed by atoms with E-state index < -0.39 is 0 Å². The van der Waals surface area contributed by atoms with Gasteiger partial charge in [-0.25, -0.2) is 4.39 Å². The van der Waals surface area contributed by atoms with Gasteiger partial charge in [0.1, 0.15) is 17.0 Å². The van der Waals surface area contributed by atoms with E-state index in [1.807, 2.05) is 42.5 Å². The Morgan fingerprint density at radius 2 is 1.67 bits per heavy atom. The molecule has 1 aromatic heterocycles. The van der Waals surface area contributed by atoms with Crippen molar-refractivity contribution < 1.29 is 13.6 Å². The Balaban J connectivity index is 1.58. The summed E-state index contributed by atoms with van der Waals surface area (Å²) in [6, 6.07) is 19.3. The third kappa shape index (κ3) is 2.74. The summed E-state index contributed by atoms with van der Waals surface area (Å²) >= 11 is 0. The normalized spacial score (nSPS) is 11.0. The summed E-state index contributed by atoms with van der Waals surface area (Å²) in [5, 5.41) is 4.86. The summed E-state index contributed by atoms with van der Waals surface area (Å²) in [5.41, 5.74) is 3.08. The molecule has 0 aliphatic rings. The lowest BCUT2D eigenvalue weighted by atomic mass is 10.1. The van der Waals surface area contributed by atoms with Gasteiger partial charge in [0.25, 0.3) is 0 Å². The number of benzene rings is 3. The number of hydrogen-bond donors (Lipinski definition) is 1. The van der Waals surface area contributed by atoms with Gasteiger partial charge >= 0.3 is 0 Å². The number of nitrogens with one attached hydrogen (secondary N) is 1. The van der Waals surface area contributed by atoms with Crippen LogP contribution < -0.4 is 5.32 Å². The van der Waals surface area contributed by atoms with Crippen molar-refractivity contribution in [2.24, 2.45) is 0 Å². The van der Waals surface area contributed by atoms with Crippen LogP contribution in [0.5, 0.6) is 0 Å². The molecule has 118 valence electrons. The monoisotopic (exact) mass is 319 g/mol. The van der Waals surface area contributed by atoms with Gasteiger partial charge in [-0.1, -0.05) is 30.3 Å². The minimum absolute atomic E-state index is 0.145. The largest absolute Gasteiger partial charge is 0.456 e. The number of carbonyl (C=O) groups is 1. The third-order valence-electron chi connectivity index (χ3n) is 3.94. The van der Waals surface area contributed by atoms with E-state index in [2.05, 4.69) is 5.32 Å². The Bertz CT molecular complexity index is 1030. The fourth-order valence-electron chi connectivity index (χ4n) is 2.80. The molecule has 0 radical (unpaired) electrons. The summed E-state index contributed by atoms with van der Waals surface area (Å²) in [4.78, 5) is 12.2. The highest BCUT2D eigenvalue weighted by atomic mass is 19.1. The first-order valence-electron chi connectivity index (χ1n) is 7.65. The summed E-state index contributed by atoms with van der Waals surface area (Å²) in [6.07, 6.45) is 0.199. The number of amides is 1. The molecule has 0 aliphatic heterocycles. The van der Waals surface area contributed by atoms with Crippen molar-refractivity contribution in [3.8, 4) is 0 Å². The van der Waals surface area contributed by atoms with E-state index in [1.54, 1.807) is 12.1 Å². The molecular weight excluding hydrogens is 305 g/mol. The van der Waals surface area contributed by atoms with Crippen LogP contribution in [0.4, 0.5) is 10.1 Å². The van der Waals surface area contributed by atoms with Crippen LogP contribution in [-0.4, -0.2) is 5.91 Å². The highest BCUT2D eigenvalue weighted by Crippen LogP contribution is 2.30. The molecular formula is C20H14FNO2. The number of para-hydroxylation sites is 1. The molecule has 0 aliphatic carbocycles. The fraction of sp³-hybridized carbons (Fsp3) is 0.0500. The van der Waals surface area contributed by atoms with Crippen LogP contribution in [0.1, 0.15) is 5.56 Å². The number of fused-ring (bicyclic) bond motifs is 3. The van der Waals surface area contributed by atoms with Crippen LogP contribution >= 0.6 is 0 Å². The quantitative estimate of drug-likeness (QED) is 0.583. The molecule has 0 bridgehead atoms. The van der Waals surface area contributed by atoms with Crippen molar-refractivity contribution in [2.75, 3.05) is 5.32 Å². The van der Waals surface area contributed by atoms with Gasteiger partial charge in [-0.05, 0) is 42.0 Å². The lowest BCUT2D eigenvalue weighted by Gasteiger charge is -2.05. The van der Waals surface area contributed by atoms with Crippen molar-refractivity contribution in [1.82, 2.24) is 0 Å². The van der Waals surface area contributed by atoms with Gasteiger partial charge in [-0.3, -0.25) is 4.79 Å². The first-order chi connectivity index (χ1) is 11.7. The molecule has 1 heterocycles. The second kappa shape index (κ2) is 5.81. The van der Waals surface area contributed by atoms with Crippen molar-refractivity contribution >= 4 is 33.5 Å². The molecule has 1 N–H and O–H groups in total. The Labute approximate surface area is 137 Å². The Kier molecular flexibility index (Phi) is 3.50. The van der Waals surface area contributed by atoms with Gasteiger partial charge in [0.05, 0.1) is 6.42 Å². The maximum atomic E-state index is 12.9. The zero-order chi connectivity index (χ0) is 16.5. The van der Waals surface area contributed by atoms with Crippen molar-refractivity contribution in [1.29, 1.82) is 0 Å². The highest BCUT2D eigenvalue weighted by molar-refractivity contribution is 6.07. The molecule has 0 fully saturated rings. The predicted molar refractivity (Wildman–Crippen MR) is 92.5 cm³/mol. The molecule has 0 saturated heterocycles. The van der Waals surface area contributed by atoms with E-state index in [1.165, 1.54) is 12.1 Å². The average Bonchev–Trinajstić information content (AvgIpc) is 2.95. The zero-order valence-corrected chi connectivity index (χ0v) is 12.8. The number of anilines is 1. The number of carbonyl (C=O) groups excluding carboxylic acids is 1. The summed E-state index contributed by atoms with van der Waals surface area (Å²) < 4.78 is 18.7. The minimum atomic E-state index is -0.309. The highest BCUT2D eigenvalue weighted by Gasteiger charge is 2.09. The van der Waals surface area contributed by atoms with Gasteiger partial charge < -0.3 is 9.73 Å². The molecule has 4 aromatic rings. The van der Waals surface area contributed by atoms with Crippen molar-refractivity contribution in [3.05, 3.63) is 78.1 Å². The molecule has 0 saturated carbocycles. The van der Waals surface area contributed by atoms with Crippen LogP contribution in [0.15, 0.2) is 71.1 Å². The van der Waals surface area contributed by atoms with Crippen LogP contribution in [0.3, 0.4) is 0 Å². The third-order valence-corrected chi connectivity index (χ3v) is 3.94. The second-order valence-electron chi connectivity index (χ2n) is 5.66. The van der Waals surface area contributed by atoms with Crippen LogP contribution in [0.2, 0.25) is 0 Å². The Hall–Kier alpha value is -3.14. The van der Waals surface area contributed by atoms with E-state index in [0.717, 1.165) is 27.5 Å². The lowest BCUT2D eigenvalue weighted by Crippen LogP contribution is -2.14. The predicted octanol–water partition coefficient (Wildman–Crippen LogP) is 4.91. The number of halogens is 1. The molecule has 24 heavy (non-hydrogen) atoms. The molecule has 0 atom stereocenters. The SMILES string of the molecule is O=C(Cc1ccc(F)cc1)Nc1ccc2oc3ccccc3c2c1. The summed E-state index contributed by atoms with van der Waals surface area (Å²) in [7, 11) is 0. The molecule has 4 rings (SSSR count). The summed E-state index contributed by atoms with van der Waals surface area (Å²) in [5.74, 6) is -0.454. The van der Waals surface area contributed by atoms with Crippen LogP contribution in [0.25, 0.3) is 21.9 Å². The van der Waals surface area contributed by atoms with Gasteiger partial charge in [-0.15, -0.1) is 0 Å². The Morgan fingerprint density at radius 3 is 2.50 bits per heavy atom. The number of hydrogen-bond acceptors (Lipinski definition) is 2. The Morgan fingerprint density at radius 1 is 0.917 bits per heavy atom. The fourth-order valence-corrected chi connectivity index (χ4v) is 2.80. The van der Waals surface area contributed by atoms with Crippen LogP contribution in [-0.2, 0) is 11.2 Å². The van der Waals surface area contributed by atoms with Gasteiger partial charge in [-0.2, -0.15) is 0 Å². The maximum absolute atomic E-state index is 12.9. The minimum Gasteiger partial charge on any atom is -0.456 e. The smallest absolute Gasteiger partial charge is 0.228 e. The van der Waals surface area contributed by atoms with E-state index in [9.17, 15) is 9.18 Å². The van der Waals surface area contributed by atoms with Gasteiger partial charge in [0.2, 0.25) is 5.91 Å². The van der Waals surface area contributed by atoms with Gasteiger partial charge in [0.15, 0.2) is 0 Å². The van der Waals surface area contributed by atoms with Gasteiger partial charge in [0, 0.05) is 16.5 Å². The maximum Gasteiger partial charge on any atom is 0.228 e.